The Morgan fingerprint density at radius 2 is 1.61 bits per heavy atom. The van der Waals surface area contributed by atoms with Crippen molar-refractivity contribution in [3.63, 3.8) is 0 Å². The van der Waals surface area contributed by atoms with Gasteiger partial charge in [0.05, 0.1) is 18.8 Å². The van der Waals surface area contributed by atoms with Crippen LogP contribution in [0.5, 0.6) is 0 Å². The average Bonchev–Trinajstić information content (AvgIpc) is 2.77. The van der Waals surface area contributed by atoms with Gasteiger partial charge in [-0.1, -0.05) is 64.7 Å². The van der Waals surface area contributed by atoms with E-state index >= 15 is 0 Å². The lowest BCUT2D eigenvalue weighted by Gasteiger charge is -2.46. The van der Waals surface area contributed by atoms with Gasteiger partial charge >= 0.3 is 5.97 Å². The highest BCUT2D eigenvalue weighted by Gasteiger charge is 2.54. The van der Waals surface area contributed by atoms with Crippen LogP contribution in [0.1, 0.15) is 84.5 Å². The monoisotopic (exact) mass is 493 g/mol. The third kappa shape index (κ3) is 10.1. The van der Waals surface area contributed by atoms with Crippen LogP contribution >= 0.6 is 11.8 Å². The number of carboxylic acid groups (broad SMARTS) is 1. The highest BCUT2D eigenvalue weighted by Crippen LogP contribution is 2.40. The van der Waals surface area contributed by atoms with Crippen LogP contribution in [0.3, 0.4) is 0 Å². The molecule has 1 saturated heterocycles. The van der Waals surface area contributed by atoms with E-state index in [4.69, 9.17) is 4.74 Å². The van der Waals surface area contributed by atoms with Crippen LogP contribution < -0.4 is 5.32 Å². The summed E-state index contributed by atoms with van der Waals surface area (Å²) in [5, 5.41) is 52.5. The van der Waals surface area contributed by atoms with E-state index in [0.717, 1.165) is 37.4 Å². The van der Waals surface area contributed by atoms with Gasteiger partial charge in [0.2, 0.25) is 10.8 Å². The largest absolute Gasteiger partial charge is 0.478 e. The second-order valence-electron chi connectivity index (χ2n) is 8.91. The Hall–Kier alpha value is -0.910. The fourth-order valence-corrected chi connectivity index (χ4v) is 5.37. The number of carboxylic acids is 1. The number of amides is 1. The summed E-state index contributed by atoms with van der Waals surface area (Å²) in [6.07, 6.45) is 5.24. The Balaban J connectivity index is 2.63. The van der Waals surface area contributed by atoms with Gasteiger partial charge in [0, 0.05) is 13.3 Å². The number of aliphatic hydroxyl groups excluding tert-OH is 4. The van der Waals surface area contributed by atoms with Crippen LogP contribution in [0.15, 0.2) is 0 Å². The lowest BCUT2D eigenvalue weighted by atomic mass is 9.90. The number of rotatable bonds is 17. The number of thioether (sulfide) groups is 1. The fraction of sp³-hybridized carbons (Fsp3) is 0.913. The van der Waals surface area contributed by atoms with E-state index in [1.807, 2.05) is 0 Å². The summed E-state index contributed by atoms with van der Waals surface area (Å²) in [5.41, 5.74) is 0. The number of unbranched alkanes of at least 4 members (excludes halogenated alkanes) is 9. The zero-order valence-corrected chi connectivity index (χ0v) is 20.8. The number of aliphatic hydroxyl groups is 4. The molecule has 9 nitrogen and oxygen atoms in total. The number of hydrogen-bond donors (Lipinski definition) is 6. The Bertz CT molecular complexity index is 581. The molecule has 0 aromatic carbocycles. The van der Waals surface area contributed by atoms with Crippen molar-refractivity contribution in [2.24, 2.45) is 0 Å². The van der Waals surface area contributed by atoms with Gasteiger partial charge in [0.25, 0.3) is 0 Å². The maximum atomic E-state index is 12.1. The SMILES string of the molecule is CCCCCCCCCCCCS[C@]1(C(=O)O)C[C@H](O)[C@@H](NC(C)=O)[C@H]([C@H](O)[C@H](O)CO)O1. The van der Waals surface area contributed by atoms with E-state index in [9.17, 15) is 35.1 Å². The minimum Gasteiger partial charge on any atom is -0.478 e. The number of ether oxygens (including phenoxy) is 1. The van der Waals surface area contributed by atoms with E-state index in [-0.39, 0.29) is 6.42 Å². The third-order valence-corrected chi connectivity index (χ3v) is 7.42. The minimum atomic E-state index is -1.82. The molecule has 1 amide bonds. The molecule has 6 atom stereocenters. The summed E-state index contributed by atoms with van der Waals surface area (Å²) in [4.78, 5) is 21.9. The molecule has 10 heteroatoms. The number of hydrogen-bond acceptors (Lipinski definition) is 8. The van der Waals surface area contributed by atoms with Crippen LogP contribution in [-0.2, 0) is 14.3 Å². The maximum Gasteiger partial charge on any atom is 0.346 e. The standard InChI is InChI=1S/C23H43NO8S/c1-3-4-5-6-7-8-9-10-11-12-13-33-23(22(30)31)14-17(27)19(24-16(2)26)21(32-23)20(29)18(28)15-25/h17-21,25,27-29H,3-15H2,1-2H3,(H,24,26)(H,30,31)/t17-,18+,19+,20+,21+,23-/m0/s1. The Morgan fingerprint density at radius 1 is 1.06 bits per heavy atom. The first-order chi connectivity index (χ1) is 15.7. The average molecular weight is 494 g/mol. The van der Waals surface area contributed by atoms with Gasteiger partial charge in [0.15, 0.2) is 0 Å². The first-order valence-electron chi connectivity index (χ1n) is 12.2. The molecule has 0 aliphatic carbocycles. The van der Waals surface area contributed by atoms with Gasteiger partial charge in [-0.15, -0.1) is 11.8 Å². The summed E-state index contributed by atoms with van der Waals surface area (Å²) in [6.45, 7) is 2.64. The van der Waals surface area contributed by atoms with E-state index in [2.05, 4.69) is 12.2 Å². The number of carbonyl (C=O) groups is 2. The molecular weight excluding hydrogens is 450 g/mol. The second kappa shape index (κ2) is 15.9. The quantitative estimate of drug-likeness (QED) is 0.166. The smallest absolute Gasteiger partial charge is 0.346 e. The van der Waals surface area contributed by atoms with Crippen molar-refractivity contribution >= 4 is 23.6 Å². The topological polar surface area (TPSA) is 157 Å². The predicted molar refractivity (Wildman–Crippen MR) is 127 cm³/mol. The molecule has 0 saturated carbocycles. The molecule has 1 heterocycles. The van der Waals surface area contributed by atoms with Crippen molar-refractivity contribution < 1.29 is 39.9 Å². The first kappa shape index (κ1) is 30.1. The van der Waals surface area contributed by atoms with Crippen molar-refractivity contribution in [2.75, 3.05) is 12.4 Å². The van der Waals surface area contributed by atoms with Gasteiger partial charge in [0.1, 0.15) is 18.3 Å². The molecule has 33 heavy (non-hydrogen) atoms. The van der Waals surface area contributed by atoms with E-state index in [1.54, 1.807) is 0 Å². The van der Waals surface area contributed by atoms with Gasteiger partial charge < -0.3 is 35.6 Å². The van der Waals surface area contributed by atoms with Gasteiger partial charge in [-0.2, -0.15) is 0 Å². The Labute approximate surface area is 201 Å². The lowest BCUT2D eigenvalue weighted by molar-refractivity contribution is -0.205. The first-order valence-corrected chi connectivity index (χ1v) is 13.1. The number of nitrogens with one attached hydrogen (secondary N) is 1. The molecule has 1 aliphatic rings. The van der Waals surface area contributed by atoms with Gasteiger partial charge in [-0.05, 0) is 12.2 Å². The van der Waals surface area contributed by atoms with E-state index in [1.165, 1.54) is 45.4 Å². The summed E-state index contributed by atoms with van der Waals surface area (Å²) in [5.74, 6) is -1.30. The number of aliphatic carboxylic acids is 1. The molecule has 0 aromatic heterocycles. The zero-order chi connectivity index (χ0) is 24.9. The molecule has 1 aliphatic heterocycles. The van der Waals surface area contributed by atoms with Crippen LogP contribution in [0.2, 0.25) is 0 Å². The molecule has 0 bridgehead atoms. The predicted octanol–water partition coefficient (Wildman–Crippen LogP) is 1.79. The normalized spacial score (nSPS) is 27.2. The number of carbonyl (C=O) groups excluding carboxylic acids is 1. The minimum absolute atomic E-state index is 0.284. The van der Waals surface area contributed by atoms with Crippen molar-refractivity contribution in [1.29, 1.82) is 0 Å². The van der Waals surface area contributed by atoms with Crippen LogP contribution in [-0.4, -0.2) is 85.2 Å². The molecular formula is C23H43NO8S. The zero-order valence-electron chi connectivity index (χ0n) is 19.9. The Kier molecular flexibility index (Phi) is 14.5. The highest BCUT2D eigenvalue weighted by molar-refractivity contribution is 8.01. The molecule has 0 unspecified atom stereocenters. The van der Waals surface area contributed by atoms with Crippen LogP contribution in [0.4, 0.5) is 0 Å². The summed E-state index contributed by atoms with van der Waals surface area (Å²) in [6, 6.07) is -1.12. The molecule has 194 valence electrons. The lowest BCUT2D eigenvalue weighted by Crippen LogP contribution is -2.66. The van der Waals surface area contributed by atoms with E-state index in [0.29, 0.717) is 5.75 Å². The van der Waals surface area contributed by atoms with Crippen LogP contribution in [0, 0.1) is 0 Å². The second-order valence-corrected chi connectivity index (χ2v) is 10.3. The molecule has 6 N–H and O–H groups in total. The third-order valence-electron chi connectivity index (χ3n) is 6.02. The van der Waals surface area contributed by atoms with E-state index < -0.39 is 53.9 Å². The van der Waals surface area contributed by atoms with Crippen molar-refractivity contribution in [3.05, 3.63) is 0 Å². The Morgan fingerprint density at radius 3 is 2.09 bits per heavy atom. The molecule has 1 rings (SSSR count). The van der Waals surface area contributed by atoms with Gasteiger partial charge in [-0.3, -0.25) is 4.79 Å². The fourth-order valence-electron chi connectivity index (χ4n) is 4.10. The summed E-state index contributed by atoms with van der Waals surface area (Å²) < 4.78 is 5.76. The summed E-state index contributed by atoms with van der Waals surface area (Å²) >= 11 is 1.05. The van der Waals surface area contributed by atoms with Crippen molar-refractivity contribution in [3.8, 4) is 0 Å². The molecule has 0 aromatic rings. The summed E-state index contributed by atoms with van der Waals surface area (Å²) in [7, 11) is 0. The van der Waals surface area contributed by atoms with Crippen molar-refractivity contribution in [1.82, 2.24) is 5.32 Å². The molecule has 0 radical (unpaired) electrons. The highest BCUT2D eigenvalue weighted by atomic mass is 32.2. The van der Waals surface area contributed by atoms with Crippen molar-refractivity contribution in [2.45, 2.75) is 120 Å². The molecule has 0 spiro atoms. The van der Waals surface area contributed by atoms with Gasteiger partial charge in [-0.25, -0.2) is 4.79 Å². The maximum absolute atomic E-state index is 12.1. The van der Waals surface area contributed by atoms with Crippen LogP contribution in [0.25, 0.3) is 0 Å². The molecule has 1 fully saturated rings.